The Morgan fingerprint density at radius 3 is 1.84 bits per heavy atom. The normalized spacial score (nSPS) is 17.3. The minimum Gasteiger partial charge on any atom is -0.508 e. The van der Waals surface area contributed by atoms with Crippen LogP contribution >= 0.6 is 0 Å². The highest BCUT2D eigenvalue weighted by Crippen LogP contribution is 2.59. The Kier molecular flexibility index (Phi) is 16.2. The van der Waals surface area contributed by atoms with E-state index in [4.69, 9.17) is 55.2 Å². The molecule has 0 saturated heterocycles. The number of aryl methyl sites for hydroxylation is 1. The first-order chi connectivity index (χ1) is 47.9. The van der Waals surface area contributed by atoms with E-state index < -0.39 is 34.7 Å². The molecule has 9 heterocycles. The molecule has 4 aliphatic rings. The van der Waals surface area contributed by atoms with Gasteiger partial charge in [0.1, 0.15) is 132 Å². The molecule has 0 aliphatic carbocycles. The fourth-order valence-electron chi connectivity index (χ4n) is 13.3. The van der Waals surface area contributed by atoms with E-state index in [1.54, 1.807) is 62.8 Å². The van der Waals surface area contributed by atoms with Crippen LogP contribution in [-0.2, 0) is 24.0 Å². The largest absolute Gasteiger partial charge is 0.508 e. The van der Waals surface area contributed by atoms with Gasteiger partial charge in [-0.15, -0.1) is 0 Å². The molecular weight excluding hydrogens is 1280 g/mol. The third-order valence-corrected chi connectivity index (χ3v) is 18.3. The van der Waals surface area contributed by atoms with Crippen LogP contribution in [0.5, 0.6) is 69.0 Å². The van der Waals surface area contributed by atoms with Crippen LogP contribution in [0.4, 0.5) is 0 Å². The van der Waals surface area contributed by atoms with Gasteiger partial charge in [0.15, 0.2) is 34.6 Å². The lowest BCUT2D eigenvalue weighted by atomic mass is 9.83. The quantitative estimate of drug-likeness (QED) is 0.0549. The molecule has 5 aromatic heterocycles. The van der Waals surface area contributed by atoms with Crippen LogP contribution in [-0.4, -0.2) is 70.3 Å². The molecule has 4 aliphatic heterocycles. The summed E-state index contributed by atoms with van der Waals surface area (Å²) in [6.45, 7) is 15.8. The van der Waals surface area contributed by atoms with Crippen molar-refractivity contribution in [3.8, 4) is 69.0 Å². The van der Waals surface area contributed by atoms with Crippen LogP contribution in [0.3, 0.4) is 0 Å². The molecule has 0 fully saturated rings. The fourth-order valence-corrected chi connectivity index (χ4v) is 13.3. The molecule has 13 aromatic rings. The summed E-state index contributed by atoms with van der Waals surface area (Å²) in [5.41, 5.74) is 7.39. The molecule has 4 atom stereocenters. The van der Waals surface area contributed by atoms with E-state index >= 15 is 0 Å². The van der Waals surface area contributed by atoms with Gasteiger partial charge < -0.3 is 91.0 Å². The lowest BCUT2D eigenvalue weighted by Gasteiger charge is -2.36. The monoisotopic (exact) mass is 1350 g/mol. The van der Waals surface area contributed by atoms with Crippen LogP contribution in [0.1, 0.15) is 91.5 Å². The summed E-state index contributed by atoms with van der Waals surface area (Å²) in [6.07, 6.45) is 3.67. The molecule has 0 unspecified atom stereocenters. The zero-order valence-corrected chi connectivity index (χ0v) is 55.7. The van der Waals surface area contributed by atoms with Crippen molar-refractivity contribution in [2.45, 2.75) is 77.8 Å². The van der Waals surface area contributed by atoms with Gasteiger partial charge in [0.25, 0.3) is 0 Å². The highest BCUT2D eigenvalue weighted by Gasteiger charge is 2.55. The standard InChI is InChI=1S/C22H24O6.C21H18O4.C20H16O5.C16H10O6/c1-12(2)5-7-14-16(23)10-18-19(20(14)26-4)21-22(24,11-27-18)15-8-6-13(25-3)9-17(15)28-21;1-11(2)4-6-13-16(22)9-8-15-19(13)25-21(23)18-14-7-5-12(3)10-17(14)24-20(15)18;1-10(2)15-6-11-5-13-17(8-16(11)24-15)23-9-20(22)14-4-3-12(21)7-18(14)25-19(13)20;1-20-11-5-8(18)6-12-14(11)15-13(16(19)22-12)9-3-2-7(17)4-10(9)21-15/h5-6,8-10,21,23-24H,7,11H2,1-4H3;4-5,7-10,22H,6H2,1-3H3;3-8,19,21-22H,1,9H2,2H3;2-6,17-18H,1H3/t21-,22+;;19-,20+;/m0.0./s1. The van der Waals surface area contributed by atoms with Gasteiger partial charge in [-0.3, -0.25) is 0 Å². The van der Waals surface area contributed by atoms with E-state index in [-0.39, 0.29) is 52.9 Å². The summed E-state index contributed by atoms with van der Waals surface area (Å²) < 4.78 is 68.4. The van der Waals surface area contributed by atoms with Crippen LogP contribution in [0, 0.1) is 6.92 Å². The highest BCUT2D eigenvalue weighted by molar-refractivity contribution is 6.15. The molecule has 8 aromatic carbocycles. The topological polar surface area (TPSA) is 306 Å². The second-order valence-corrected chi connectivity index (χ2v) is 25.6. The number of phenols is 5. The predicted molar refractivity (Wildman–Crippen MR) is 374 cm³/mol. The van der Waals surface area contributed by atoms with E-state index in [1.807, 2.05) is 90.1 Å². The number of benzene rings is 8. The maximum atomic E-state index is 12.6. The van der Waals surface area contributed by atoms with Crippen molar-refractivity contribution >= 4 is 82.4 Å². The Balaban J connectivity index is 0.000000114. The van der Waals surface area contributed by atoms with Gasteiger partial charge in [0, 0.05) is 86.4 Å². The van der Waals surface area contributed by atoms with Crippen molar-refractivity contribution in [2.24, 2.45) is 0 Å². The van der Waals surface area contributed by atoms with Crippen LogP contribution < -0.4 is 44.4 Å². The van der Waals surface area contributed by atoms with E-state index in [9.17, 15) is 45.3 Å². The third-order valence-electron chi connectivity index (χ3n) is 18.3. The molecule has 7 N–H and O–H groups in total. The second-order valence-electron chi connectivity index (χ2n) is 25.6. The maximum Gasteiger partial charge on any atom is 0.348 e. The van der Waals surface area contributed by atoms with Gasteiger partial charge in [-0.05, 0) is 138 Å². The number of hydrogen-bond acceptors (Lipinski definition) is 21. The third kappa shape index (κ3) is 11.1. The Bertz CT molecular complexity index is 5730. The molecule has 0 radical (unpaired) electrons. The van der Waals surface area contributed by atoms with E-state index in [0.29, 0.717) is 142 Å². The van der Waals surface area contributed by atoms with E-state index in [1.165, 1.54) is 43.5 Å². The molecule has 21 nitrogen and oxygen atoms in total. The Labute approximate surface area is 568 Å². The fraction of sp³-hybridized carbons (Fsp3) is 0.215. The first-order valence-corrected chi connectivity index (χ1v) is 31.9. The van der Waals surface area contributed by atoms with Gasteiger partial charge >= 0.3 is 11.3 Å². The van der Waals surface area contributed by atoms with Crippen LogP contribution in [0.25, 0.3) is 82.4 Å². The summed E-state index contributed by atoms with van der Waals surface area (Å²) in [7, 11) is 4.57. The maximum absolute atomic E-state index is 12.6. The summed E-state index contributed by atoms with van der Waals surface area (Å²) in [5, 5.41) is 76.4. The highest BCUT2D eigenvalue weighted by atomic mass is 16.6. The Morgan fingerprint density at radius 2 is 1.13 bits per heavy atom. The van der Waals surface area contributed by atoms with Crippen molar-refractivity contribution in [1.29, 1.82) is 0 Å². The summed E-state index contributed by atoms with van der Waals surface area (Å²) in [5.74, 6) is 4.49. The molecule has 17 rings (SSSR count). The first-order valence-electron chi connectivity index (χ1n) is 31.9. The van der Waals surface area contributed by atoms with Crippen LogP contribution in [0.2, 0.25) is 0 Å². The van der Waals surface area contributed by atoms with Crippen molar-refractivity contribution in [1.82, 2.24) is 0 Å². The van der Waals surface area contributed by atoms with Gasteiger partial charge in [0.05, 0.1) is 32.3 Å². The second kappa shape index (κ2) is 24.9. The number of rotatable bonds is 8. The Hall–Kier alpha value is -11.9. The number of allylic oxidation sites excluding steroid dienone is 5. The first kappa shape index (κ1) is 65.4. The molecule has 0 saturated carbocycles. The number of phenolic OH excluding ortho intramolecular Hbond substituents is 5. The molecule has 0 amide bonds. The summed E-state index contributed by atoms with van der Waals surface area (Å²) in [6, 6.07) is 33.6. The van der Waals surface area contributed by atoms with Crippen LogP contribution in [0.15, 0.2) is 183 Å². The van der Waals surface area contributed by atoms with Crippen molar-refractivity contribution in [3.05, 3.63) is 217 Å². The number of hydrogen-bond donors (Lipinski definition) is 7. The lowest BCUT2D eigenvalue weighted by molar-refractivity contribution is -0.0873. The lowest BCUT2D eigenvalue weighted by Crippen LogP contribution is -2.41. The molecular formula is C79H68O21. The zero-order chi connectivity index (χ0) is 70.5. The van der Waals surface area contributed by atoms with Gasteiger partial charge in [-0.1, -0.05) is 35.9 Å². The molecule has 510 valence electrons. The number of methoxy groups -OCH3 is 3. The Morgan fingerprint density at radius 1 is 0.520 bits per heavy atom. The van der Waals surface area contributed by atoms with E-state index in [0.717, 1.165) is 38.6 Å². The SMILES string of the molecule is C=C(C)c1cc2cc3c(cc2o1)OC[C@@]1(O)c2ccc(O)cc2O[C@@H]31.CC(C)=CCc1c(O)ccc2c1oc(=O)c1c3ccc(C)cc3oc21.COc1cc(O)cc2oc(=O)c3c4ccc(O)cc4oc3c12.COc1ccc2c(c1)O[C@H]1c3c(cc(O)c(CC=C(C)C)c3OC)OC[C@@]21O. The summed E-state index contributed by atoms with van der Waals surface area (Å²) in [4.78, 5) is 24.9. The molecule has 0 bridgehead atoms. The van der Waals surface area contributed by atoms with Crippen molar-refractivity contribution < 1.29 is 91.0 Å². The zero-order valence-electron chi connectivity index (χ0n) is 55.7. The van der Waals surface area contributed by atoms with Gasteiger partial charge in [-0.2, -0.15) is 0 Å². The number of fused-ring (bicyclic) bond motifs is 21. The van der Waals surface area contributed by atoms with Gasteiger partial charge in [-0.25, -0.2) is 9.59 Å². The minimum atomic E-state index is -1.35. The van der Waals surface area contributed by atoms with Crippen molar-refractivity contribution in [2.75, 3.05) is 34.5 Å². The van der Waals surface area contributed by atoms with E-state index in [2.05, 4.69) is 6.58 Å². The number of ether oxygens (including phenoxy) is 7. The van der Waals surface area contributed by atoms with Crippen molar-refractivity contribution in [3.63, 3.8) is 0 Å². The minimum absolute atomic E-state index is 0.0138. The van der Waals surface area contributed by atoms with Gasteiger partial charge in [0.2, 0.25) is 0 Å². The number of aromatic hydroxyl groups is 5. The average molecular weight is 1350 g/mol. The smallest absolute Gasteiger partial charge is 0.348 e. The predicted octanol–water partition coefficient (Wildman–Crippen LogP) is 15.8. The molecule has 100 heavy (non-hydrogen) atoms. The molecule has 0 spiro atoms. The average Bonchev–Trinajstić information content (AvgIpc) is 1.56. The number of furan rings is 3. The summed E-state index contributed by atoms with van der Waals surface area (Å²) >= 11 is 0. The number of aliphatic hydroxyl groups is 2. The molecule has 21 heteroatoms.